The van der Waals surface area contributed by atoms with Gasteiger partial charge in [-0.15, -0.1) is 6.58 Å². The fourth-order valence-electron chi connectivity index (χ4n) is 2.78. The van der Waals surface area contributed by atoms with Gasteiger partial charge in [-0.25, -0.2) is 4.39 Å². The molecule has 0 aromatic heterocycles. The van der Waals surface area contributed by atoms with Gasteiger partial charge in [0.2, 0.25) is 0 Å². The number of thioether (sulfide) groups is 1. The lowest BCUT2D eigenvalue weighted by molar-refractivity contribution is -0.122. The van der Waals surface area contributed by atoms with Crippen molar-refractivity contribution in [2.75, 3.05) is 13.2 Å². The molecule has 0 unspecified atom stereocenters. The first kappa shape index (κ1) is 22.1. The summed E-state index contributed by atoms with van der Waals surface area (Å²) in [5.41, 5.74) is 1.08. The highest BCUT2D eigenvalue weighted by atomic mass is 79.9. The van der Waals surface area contributed by atoms with Crippen LogP contribution in [0.1, 0.15) is 18.1 Å². The molecular formula is C22H19BrFNO4S. The van der Waals surface area contributed by atoms with Gasteiger partial charge in [0.1, 0.15) is 12.4 Å². The molecule has 0 spiro atoms. The summed E-state index contributed by atoms with van der Waals surface area (Å²) < 4.78 is 26.0. The summed E-state index contributed by atoms with van der Waals surface area (Å²) in [6, 6.07) is 9.85. The summed E-state index contributed by atoms with van der Waals surface area (Å²) in [5.74, 6) is 0.161. The third kappa shape index (κ3) is 4.94. The van der Waals surface area contributed by atoms with E-state index in [9.17, 15) is 14.0 Å². The lowest BCUT2D eigenvalue weighted by Gasteiger charge is -2.15. The van der Waals surface area contributed by atoms with E-state index in [1.807, 2.05) is 6.92 Å². The Balaban J connectivity index is 1.88. The quantitative estimate of drug-likeness (QED) is 0.345. The molecule has 156 valence electrons. The first-order valence-corrected chi connectivity index (χ1v) is 10.7. The van der Waals surface area contributed by atoms with Crippen molar-refractivity contribution < 1.29 is 23.5 Å². The van der Waals surface area contributed by atoms with E-state index in [0.717, 1.165) is 16.7 Å². The molecule has 0 aliphatic carbocycles. The molecule has 2 amide bonds. The molecule has 1 heterocycles. The van der Waals surface area contributed by atoms with E-state index in [1.165, 1.54) is 12.1 Å². The van der Waals surface area contributed by atoms with Crippen molar-refractivity contribution in [2.24, 2.45) is 0 Å². The number of halogens is 2. The Morgan fingerprint density at radius 3 is 2.70 bits per heavy atom. The van der Waals surface area contributed by atoms with Gasteiger partial charge in [-0.3, -0.25) is 14.5 Å². The van der Waals surface area contributed by atoms with Crippen LogP contribution in [0, 0.1) is 5.82 Å². The molecule has 0 N–H and O–H groups in total. The van der Waals surface area contributed by atoms with Crippen LogP contribution in [0.5, 0.6) is 11.5 Å². The third-order valence-corrected chi connectivity index (χ3v) is 5.64. The number of carbonyl (C=O) groups excluding carboxylic acids is 2. The molecule has 1 fully saturated rings. The van der Waals surface area contributed by atoms with Crippen LogP contribution in [-0.4, -0.2) is 29.2 Å². The summed E-state index contributed by atoms with van der Waals surface area (Å²) >= 11 is 4.34. The molecule has 0 bridgehead atoms. The predicted molar refractivity (Wildman–Crippen MR) is 119 cm³/mol. The maximum absolute atomic E-state index is 13.9. The number of benzene rings is 2. The number of ether oxygens (including phenoxy) is 2. The topological polar surface area (TPSA) is 55.8 Å². The van der Waals surface area contributed by atoms with Crippen LogP contribution in [0.4, 0.5) is 9.18 Å². The van der Waals surface area contributed by atoms with E-state index in [4.69, 9.17) is 9.47 Å². The Bertz CT molecular complexity index is 1020. The minimum absolute atomic E-state index is 0.0329. The molecule has 30 heavy (non-hydrogen) atoms. The number of amides is 2. The Kier molecular flexibility index (Phi) is 7.33. The van der Waals surface area contributed by atoms with Crippen LogP contribution in [0.2, 0.25) is 0 Å². The molecule has 0 saturated carbocycles. The lowest BCUT2D eigenvalue weighted by atomic mass is 10.1. The summed E-state index contributed by atoms with van der Waals surface area (Å²) in [4.78, 5) is 25.9. The van der Waals surface area contributed by atoms with Crippen LogP contribution >= 0.6 is 27.7 Å². The Morgan fingerprint density at radius 1 is 1.23 bits per heavy atom. The van der Waals surface area contributed by atoms with E-state index >= 15 is 0 Å². The normalized spacial score (nSPS) is 15.0. The minimum Gasteiger partial charge on any atom is -0.490 e. The molecule has 1 aliphatic heterocycles. The van der Waals surface area contributed by atoms with Crippen molar-refractivity contribution in [1.82, 2.24) is 4.90 Å². The largest absolute Gasteiger partial charge is 0.490 e. The van der Waals surface area contributed by atoms with E-state index in [-0.39, 0.29) is 30.1 Å². The summed E-state index contributed by atoms with van der Waals surface area (Å²) in [5, 5.41) is -0.333. The maximum atomic E-state index is 13.9. The van der Waals surface area contributed by atoms with E-state index in [2.05, 4.69) is 22.5 Å². The Hall–Kier alpha value is -2.58. The highest BCUT2D eigenvalue weighted by molar-refractivity contribution is 9.10. The molecule has 8 heteroatoms. The van der Waals surface area contributed by atoms with Crippen molar-refractivity contribution in [3.05, 3.63) is 75.4 Å². The second-order valence-electron chi connectivity index (χ2n) is 6.22. The van der Waals surface area contributed by atoms with Gasteiger partial charge in [0, 0.05) is 12.1 Å². The lowest BCUT2D eigenvalue weighted by Crippen LogP contribution is -2.27. The van der Waals surface area contributed by atoms with Gasteiger partial charge >= 0.3 is 0 Å². The molecule has 1 aliphatic rings. The first-order chi connectivity index (χ1) is 14.4. The zero-order chi connectivity index (χ0) is 21.7. The molecule has 2 aromatic carbocycles. The van der Waals surface area contributed by atoms with Gasteiger partial charge < -0.3 is 9.47 Å². The van der Waals surface area contributed by atoms with Crippen molar-refractivity contribution in [1.29, 1.82) is 0 Å². The van der Waals surface area contributed by atoms with Gasteiger partial charge in [0.05, 0.1) is 16.0 Å². The maximum Gasteiger partial charge on any atom is 0.293 e. The predicted octanol–water partition coefficient (Wildman–Crippen LogP) is 5.79. The monoisotopic (exact) mass is 491 g/mol. The van der Waals surface area contributed by atoms with Crippen molar-refractivity contribution in [3.63, 3.8) is 0 Å². The molecule has 3 rings (SSSR count). The number of imide groups is 1. The summed E-state index contributed by atoms with van der Waals surface area (Å²) in [6.07, 6.45) is 3.13. The summed E-state index contributed by atoms with van der Waals surface area (Å²) in [7, 11) is 0. The number of rotatable bonds is 8. The summed E-state index contributed by atoms with van der Waals surface area (Å²) in [6.45, 7) is 5.99. The second kappa shape index (κ2) is 9.95. The smallest absolute Gasteiger partial charge is 0.293 e. The molecular weight excluding hydrogens is 473 g/mol. The van der Waals surface area contributed by atoms with Crippen molar-refractivity contribution in [3.8, 4) is 11.5 Å². The zero-order valence-corrected chi connectivity index (χ0v) is 18.6. The van der Waals surface area contributed by atoms with Crippen LogP contribution in [-0.2, 0) is 11.4 Å². The highest BCUT2D eigenvalue weighted by Gasteiger charge is 2.34. The average molecular weight is 492 g/mol. The molecule has 2 aromatic rings. The van der Waals surface area contributed by atoms with Crippen LogP contribution in [0.3, 0.4) is 0 Å². The Morgan fingerprint density at radius 2 is 2.00 bits per heavy atom. The van der Waals surface area contributed by atoms with Gasteiger partial charge in [-0.1, -0.05) is 24.3 Å². The number of carbonyl (C=O) groups is 2. The van der Waals surface area contributed by atoms with Crippen LogP contribution in [0.25, 0.3) is 6.08 Å². The van der Waals surface area contributed by atoms with Crippen LogP contribution in [0.15, 0.2) is 58.4 Å². The standard InChI is InChI=1S/C22H19BrFNO4S/c1-3-9-25-21(26)19(30-22(25)27)12-14-10-16(23)20(18(11-14)28-4-2)29-13-15-7-5-6-8-17(15)24/h3,5-8,10-12H,1,4,9,13H2,2H3/b19-12+. The number of hydrogen-bond acceptors (Lipinski definition) is 5. The van der Waals surface area contributed by atoms with E-state index in [1.54, 1.807) is 36.4 Å². The fraction of sp³-hybridized carbons (Fsp3) is 0.182. The van der Waals surface area contributed by atoms with Crippen LogP contribution < -0.4 is 9.47 Å². The van der Waals surface area contributed by atoms with Crippen molar-refractivity contribution >= 4 is 44.9 Å². The molecule has 0 atom stereocenters. The van der Waals surface area contributed by atoms with Gasteiger partial charge in [-0.05, 0) is 64.5 Å². The van der Waals surface area contributed by atoms with E-state index < -0.39 is 0 Å². The van der Waals surface area contributed by atoms with E-state index in [0.29, 0.717) is 38.6 Å². The molecule has 0 radical (unpaired) electrons. The van der Waals surface area contributed by atoms with Crippen molar-refractivity contribution in [2.45, 2.75) is 13.5 Å². The second-order valence-corrected chi connectivity index (χ2v) is 8.07. The minimum atomic E-state index is -0.362. The molecule has 5 nitrogen and oxygen atoms in total. The SMILES string of the molecule is C=CCN1C(=O)S/C(=C/c2cc(Br)c(OCc3ccccc3F)c(OCC)c2)C1=O. The average Bonchev–Trinajstić information content (AvgIpc) is 2.96. The molecule has 1 saturated heterocycles. The first-order valence-electron chi connectivity index (χ1n) is 9.13. The van der Waals surface area contributed by atoms with Gasteiger partial charge in [0.15, 0.2) is 11.5 Å². The number of nitrogens with zero attached hydrogens (tertiary/aromatic N) is 1. The fourth-order valence-corrected chi connectivity index (χ4v) is 4.20. The highest BCUT2D eigenvalue weighted by Crippen LogP contribution is 2.39. The number of hydrogen-bond donors (Lipinski definition) is 0. The van der Waals surface area contributed by atoms with Gasteiger partial charge in [0.25, 0.3) is 11.1 Å². The third-order valence-electron chi connectivity index (χ3n) is 4.14. The van der Waals surface area contributed by atoms with Gasteiger partial charge in [-0.2, -0.15) is 0 Å². The Labute approximate surface area is 186 Å². The zero-order valence-electron chi connectivity index (χ0n) is 16.2.